The molecule has 0 bridgehead atoms. The van der Waals surface area contributed by atoms with Gasteiger partial charge < -0.3 is 15.0 Å². The van der Waals surface area contributed by atoms with E-state index < -0.39 is 6.04 Å². The van der Waals surface area contributed by atoms with Gasteiger partial charge in [-0.15, -0.1) is 0 Å². The number of carbonyl (C=O) groups is 2. The normalized spacial score (nSPS) is 15.8. The summed E-state index contributed by atoms with van der Waals surface area (Å²) in [7, 11) is 0. The number of hydrogen-bond donors (Lipinski definition) is 1. The van der Waals surface area contributed by atoms with E-state index in [0.717, 1.165) is 23.2 Å². The van der Waals surface area contributed by atoms with Crippen molar-refractivity contribution >= 4 is 28.8 Å². The topological polar surface area (TPSA) is 58.6 Å². The van der Waals surface area contributed by atoms with Crippen LogP contribution in [0.4, 0.5) is 5.69 Å². The maximum atomic E-state index is 13.2. The smallest absolute Gasteiger partial charge is 0.258 e. The van der Waals surface area contributed by atoms with Gasteiger partial charge in [-0.3, -0.25) is 9.59 Å². The van der Waals surface area contributed by atoms with Gasteiger partial charge in [0.2, 0.25) is 5.91 Å². The third-order valence-corrected chi connectivity index (χ3v) is 5.90. The molecule has 1 aliphatic heterocycles. The second-order valence-electron chi connectivity index (χ2n) is 7.17. The van der Waals surface area contributed by atoms with Gasteiger partial charge in [0.05, 0.1) is 12.2 Å². The molecule has 1 atom stereocenters. The molecule has 0 radical (unpaired) electrons. The van der Waals surface area contributed by atoms with Crippen molar-refractivity contribution in [3.05, 3.63) is 70.9 Å². The number of carbonyl (C=O) groups excluding carboxylic acids is 2. The zero-order valence-electron chi connectivity index (χ0n) is 16.8. The molecule has 30 heavy (non-hydrogen) atoms. The van der Waals surface area contributed by atoms with Gasteiger partial charge in [0.25, 0.3) is 5.91 Å². The van der Waals surface area contributed by atoms with Crippen LogP contribution < -0.4 is 10.1 Å². The summed E-state index contributed by atoms with van der Waals surface area (Å²) in [6.45, 7) is 2.93. The Balaban J connectivity index is 1.51. The first-order valence-corrected chi connectivity index (χ1v) is 11.1. The first kappa shape index (κ1) is 20.2. The number of anilines is 1. The lowest BCUT2D eigenvalue weighted by atomic mass is 10.1. The van der Waals surface area contributed by atoms with Crippen LogP contribution in [-0.2, 0) is 4.79 Å². The van der Waals surface area contributed by atoms with E-state index >= 15 is 0 Å². The summed E-state index contributed by atoms with van der Waals surface area (Å²) in [5.74, 6) is 0.237. The largest absolute Gasteiger partial charge is 0.493 e. The summed E-state index contributed by atoms with van der Waals surface area (Å²) in [4.78, 5) is 27.9. The van der Waals surface area contributed by atoms with Crippen LogP contribution in [0.25, 0.3) is 11.1 Å². The molecular weight excluding hydrogens is 396 g/mol. The van der Waals surface area contributed by atoms with Crippen LogP contribution in [0.15, 0.2) is 65.4 Å². The molecule has 1 aromatic heterocycles. The van der Waals surface area contributed by atoms with Crippen molar-refractivity contribution in [2.45, 2.75) is 25.8 Å². The van der Waals surface area contributed by atoms with Gasteiger partial charge >= 0.3 is 0 Å². The number of rotatable bonds is 6. The van der Waals surface area contributed by atoms with Crippen molar-refractivity contribution in [1.82, 2.24) is 4.90 Å². The van der Waals surface area contributed by atoms with Gasteiger partial charge in [-0.25, -0.2) is 0 Å². The molecule has 6 heteroatoms. The summed E-state index contributed by atoms with van der Waals surface area (Å²) < 4.78 is 5.61. The number of nitrogens with zero attached hydrogens (tertiary/aromatic N) is 1. The fraction of sp³-hybridized carbons (Fsp3) is 0.250. The number of ether oxygens (including phenoxy) is 1. The number of likely N-dealkylation sites (tertiary alicyclic amines) is 1. The van der Waals surface area contributed by atoms with Crippen molar-refractivity contribution in [3.8, 4) is 16.9 Å². The van der Waals surface area contributed by atoms with Crippen molar-refractivity contribution < 1.29 is 14.3 Å². The monoisotopic (exact) mass is 420 g/mol. The second kappa shape index (κ2) is 9.13. The highest BCUT2D eigenvalue weighted by Gasteiger charge is 2.35. The zero-order valence-corrected chi connectivity index (χ0v) is 17.7. The van der Waals surface area contributed by atoms with Crippen molar-refractivity contribution in [2.75, 3.05) is 18.5 Å². The minimum absolute atomic E-state index is 0.155. The van der Waals surface area contributed by atoms with Crippen LogP contribution >= 0.6 is 11.3 Å². The minimum atomic E-state index is -0.489. The number of para-hydroxylation sites is 1. The maximum absolute atomic E-state index is 13.2. The van der Waals surface area contributed by atoms with Crippen LogP contribution in [0.2, 0.25) is 0 Å². The Morgan fingerprint density at radius 1 is 1.13 bits per heavy atom. The van der Waals surface area contributed by atoms with E-state index in [0.29, 0.717) is 30.9 Å². The molecule has 0 spiro atoms. The van der Waals surface area contributed by atoms with Crippen molar-refractivity contribution in [1.29, 1.82) is 0 Å². The molecule has 2 aromatic carbocycles. The first-order valence-electron chi connectivity index (χ1n) is 10.1. The Morgan fingerprint density at radius 3 is 2.80 bits per heavy atom. The van der Waals surface area contributed by atoms with Gasteiger partial charge in [-0.2, -0.15) is 11.3 Å². The van der Waals surface area contributed by atoms with Gasteiger partial charge in [0.15, 0.2) is 0 Å². The van der Waals surface area contributed by atoms with E-state index in [4.69, 9.17) is 4.74 Å². The molecule has 4 rings (SSSR count). The Morgan fingerprint density at radius 2 is 2.00 bits per heavy atom. The lowest BCUT2D eigenvalue weighted by Gasteiger charge is -2.25. The van der Waals surface area contributed by atoms with Crippen molar-refractivity contribution in [3.63, 3.8) is 0 Å². The first-order chi connectivity index (χ1) is 14.7. The molecule has 1 N–H and O–H groups in total. The van der Waals surface area contributed by atoms with Crippen LogP contribution in [0.3, 0.4) is 0 Å². The summed E-state index contributed by atoms with van der Waals surface area (Å²) in [6, 6.07) is 16.6. The second-order valence-corrected chi connectivity index (χ2v) is 7.95. The molecule has 1 fully saturated rings. The molecule has 1 saturated heterocycles. The van der Waals surface area contributed by atoms with Gasteiger partial charge in [-0.1, -0.05) is 24.3 Å². The van der Waals surface area contributed by atoms with Gasteiger partial charge in [-0.05, 0) is 72.0 Å². The number of amides is 2. The lowest BCUT2D eigenvalue weighted by molar-refractivity contribution is -0.119. The number of benzene rings is 2. The third kappa shape index (κ3) is 4.24. The fourth-order valence-corrected chi connectivity index (χ4v) is 4.46. The Bertz CT molecular complexity index is 1030. The SMILES string of the molecule is CCOc1ccccc1C(=O)N1CCCC1C(=O)Nc1cccc(-c2ccsc2)c1. The zero-order chi connectivity index (χ0) is 20.9. The van der Waals surface area contributed by atoms with Gasteiger partial charge in [0.1, 0.15) is 11.8 Å². The quantitative estimate of drug-likeness (QED) is 0.607. The Hall–Kier alpha value is -3.12. The number of hydrogen-bond acceptors (Lipinski definition) is 4. The molecule has 2 heterocycles. The van der Waals surface area contributed by atoms with E-state index in [2.05, 4.69) is 16.8 Å². The summed E-state index contributed by atoms with van der Waals surface area (Å²) >= 11 is 1.64. The molecule has 154 valence electrons. The molecule has 2 amide bonds. The average Bonchev–Trinajstić information content (AvgIpc) is 3.46. The average molecular weight is 421 g/mol. The van der Waals surface area contributed by atoms with E-state index in [9.17, 15) is 9.59 Å². The molecule has 1 aliphatic rings. The van der Waals surface area contributed by atoms with E-state index in [-0.39, 0.29) is 11.8 Å². The molecule has 1 unspecified atom stereocenters. The van der Waals surface area contributed by atoms with E-state index in [1.54, 1.807) is 28.4 Å². The standard InChI is InChI=1S/C24H24N2O3S/c1-2-29-22-11-4-3-9-20(22)24(28)26-13-6-10-21(26)23(27)25-19-8-5-7-17(15-19)18-12-14-30-16-18/h3-5,7-9,11-12,14-16,21H,2,6,10,13H2,1H3,(H,25,27). The maximum Gasteiger partial charge on any atom is 0.258 e. The summed E-state index contributed by atoms with van der Waals surface area (Å²) in [5, 5.41) is 7.11. The highest BCUT2D eigenvalue weighted by molar-refractivity contribution is 7.08. The van der Waals surface area contributed by atoms with E-state index in [1.807, 2.05) is 48.7 Å². The number of thiophene rings is 1. The highest BCUT2D eigenvalue weighted by atomic mass is 32.1. The molecule has 3 aromatic rings. The lowest BCUT2D eigenvalue weighted by Crippen LogP contribution is -2.43. The van der Waals surface area contributed by atoms with Crippen molar-refractivity contribution in [2.24, 2.45) is 0 Å². The predicted molar refractivity (Wildman–Crippen MR) is 120 cm³/mol. The van der Waals surface area contributed by atoms with Crippen LogP contribution in [0, 0.1) is 0 Å². The predicted octanol–water partition coefficient (Wildman–Crippen LogP) is 5.06. The molecular formula is C24H24N2O3S. The van der Waals surface area contributed by atoms with Crippen LogP contribution in [0.5, 0.6) is 5.75 Å². The summed E-state index contributed by atoms with van der Waals surface area (Å²) in [5.41, 5.74) is 3.41. The Kier molecular flexibility index (Phi) is 6.14. The third-order valence-electron chi connectivity index (χ3n) is 5.22. The van der Waals surface area contributed by atoms with Gasteiger partial charge in [0, 0.05) is 12.2 Å². The van der Waals surface area contributed by atoms with E-state index in [1.165, 1.54) is 0 Å². The number of nitrogens with one attached hydrogen (secondary N) is 1. The Labute approximate surface area is 180 Å². The van der Waals surface area contributed by atoms with Crippen LogP contribution in [-0.4, -0.2) is 35.9 Å². The summed E-state index contributed by atoms with van der Waals surface area (Å²) in [6.07, 6.45) is 1.45. The van der Waals surface area contributed by atoms with Crippen LogP contribution in [0.1, 0.15) is 30.1 Å². The highest BCUT2D eigenvalue weighted by Crippen LogP contribution is 2.28. The minimum Gasteiger partial charge on any atom is -0.493 e. The molecule has 5 nitrogen and oxygen atoms in total. The fourth-order valence-electron chi connectivity index (χ4n) is 3.79. The molecule has 0 saturated carbocycles. The molecule has 0 aliphatic carbocycles.